The number of carbonyl (C=O) groups excluding carboxylic acids is 1. The molecule has 1 amide bonds. The van der Waals surface area contributed by atoms with Gasteiger partial charge in [0.15, 0.2) is 0 Å². The Kier molecular flexibility index (Phi) is 4.52. The van der Waals surface area contributed by atoms with Crippen LogP contribution in [0.2, 0.25) is 0 Å². The number of carbonyl (C=O) groups is 1. The number of nitrogens with one attached hydrogen (secondary N) is 2. The fourth-order valence-corrected chi connectivity index (χ4v) is 3.55. The maximum Gasteiger partial charge on any atom is 0.257 e. The molecule has 23 heavy (non-hydrogen) atoms. The van der Waals surface area contributed by atoms with Gasteiger partial charge in [-0.1, -0.05) is 46.3 Å². The Morgan fingerprint density at radius 1 is 1.04 bits per heavy atom. The van der Waals surface area contributed by atoms with Gasteiger partial charge in [-0.2, -0.15) is 0 Å². The summed E-state index contributed by atoms with van der Waals surface area (Å²) in [6.07, 6.45) is 0.732. The van der Waals surface area contributed by atoms with E-state index in [-0.39, 0.29) is 22.6 Å². The first-order valence-electron chi connectivity index (χ1n) is 7.09. The Bertz CT molecular complexity index is 807. The SMILES string of the molecule is O=C(NNS(=O)(=O)c1ccc(Br)cc1)[C@@H]1C[C@H]1c1ccccc1. The lowest BCUT2D eigenvalue weighted by Gasteiger charge is -2.08. The van der Waals surface area contributed by atoms with E-state index in [0.29, 0.717) is 0 Å². The molecular weight excluding hydrogens is 380 g/mol. The lowest BCUT2D eigenvalue weighted by molar-refractivity contribution is -0.122. The summed E-state index contributed by atoms with van der Waals surface area (Å²) < 4.78 is 25.0. The zero-order valence-electron chi connectivity index (χ0n) is 12.1. The first-order valence-corrected chi connectivity index (χ1v) is 9.37. The maximum atomic E-state index is 12.1. The van der Waals surface area contributed by atoms with Crippen molar-refractivity contribution in [2.75, 3.05) is 0 Å². The zero-order valence-corrected chi connectivity index (χ0v) is 14.5. The molecule has 0 aromatic heterocycles. The van der Waals surface area contributed by atoms with E-state index >= 15 is 0 Å². The van der Waals surface area contributed by atoms with Gasteiger partial charge in [0.2, 0.25) is 5.91 Å². The van der Waals surface area contributed by atoms with Crippen LogP contribution in [0.3, 0.4) is 0 Å². The van der Waals surface area contributed by atoms with E-state index in [1.807, 2.05) is 30.3 Å². The van der Waals surface area contributed by atoms with Gasteiger partial charge in [-0.25, -0.2) is 8.42 Å². The summed E-state index contributed by atoms with van der Waals surface area (Å²) in [5.74, 6) is -0.335. The number of rotatable bonds is 5. The van der Waals surface area contributed by atoms with Crippen LogP contribution in [0.1, 0.15) is 17.9 Å². The third kappa shape index (κ3) is 3.80. The third-order valence-corrected chi connectivity index (χ3v) is 5.58. The van der Waals surface area contributed by atoms with Gasteiger partial charge < -0.3 is 0 Å². The lowest BCUT2D eigenvalue weighted by Crippen LogP contribution is -2.42. The average Bonchev–Trinajstić information content (AvgIpc) is 3.35. The van der Waals surface area contributed by atoms with Crippen molar-refractivity contribution >= 4 is 31.9 Å². The minimum absolute atomic E-state index is 0.0939. The number of hydrazine groups is 1. The molecule has 2 aromatic carbocycles. The molecule has 1 aliphatic rings. The van der Waals surface area contributed by atoms with Gasteiger partial charge in [0.1, 0.15) is 0 Å². The molecule has 5 nitrogen and oxygen atoms in total. The van der Waals surface area contributed by atoms with Crippen molar-refractivity contribution < 1.29 is 13.2 Å². The van der Waals surface area contributed by atoms with Crippen LogP contribution in [0.5, 0.6) is 0 Å². The van der Waals surface area contributed by atoms with Crippen LogP contribution < -0.4 is 10.3 Å². The van der Waals surface area contributed by atoms with Crippen LogP contribution in [0.15, 0.2) is 64.0 Å². The molecule has 0 spiro atoms. The lowest BCUT2D eigenvalue weighted by atomic mass is 10.1. The molecule has 3 rings (SSSR count). The Balaban J connectivity index is 1.58. The van der Waals surface area contributed by atoms with Crippen LogP contribution in [-0.4, -0.2) is 14.3 Å². The van der Waals surface area contributed by atoms with Crippen LogP contribution in [0, 0.1) is 5.92 Å². The number of amides is 1. The fraction of sp³-hybridized carbons (Fsp3) is 0.188. The monoisotopic (exact) mass is 394 g/mol. The van der Waals surface area contributed by atoms with Gasteiger partial charge in [-0.15, -0.1) is 4.83 Å². The molecule has 2 aromatic rings. The second-order valence-electron chi connectivity index (χ2n) is 5.41. The topological polar surface area (TPSA) is 75.3 Å². The Hall–Kier alpha value is -1.70. The molecule has 0 radical (unpaired) electrons. The highest BCUT2D eigenvalue weighted by atomic mass is 79.9. The van der Waals surface area contributed by atoms with E-state index in [0.717, 1.165) is 16.5 Å². The summed E-state index contributed by atoms with van der Waals surface area (Å²) in [4.78, 5) is 14.3. The van der Waals surface area contributed by atoms with E-state index in [1.165, 1.54) is 12.1 Å². The van der Waals surface area contributed by atoms with Gasteiger partial charge in [-0.3, -0.25) is 10.2 Å². The standard InChI is InChI=1S/C16H15BrN2O3S/c17-12-6-8-13(9-7-12)23(21,22)19-18-16(20)15-10-14(15)11-4-2-1-3-5-11/h1-9,14-15,19H,10H2,(H,18,20)/t14-,15+/m0/s1. The quantitative estimate of drug-likeness (QED) is 0.765. The summed E-state index contributed by atoms with van der Waals surface area (Å²) in [5, 5.41) is 0. The maximum absolute atomic E-state index is 12.1. The van der Waals surface area contributed by atoms with Crippen LogP contribution in [0.25, 0.3) is 0 Å². The molecule has 2 atom stereocenters. The van der Waals surface area contributed by atoms with Crippen LogP contribution in [0.4, 0.5) is 0 Å². The number of hydrogen-bond acceptors (Lipinski definition) is 3. The van der Waals surface area contributed by atoms with Crippen molar-refractivity contribution in [3.63, 3.8) is 0 Å². The Labute approximate surface area is 143 Å². The van der Waals surface area contributed by atoms with E-state index in [9.17, 15) is 13.2 Å². The van der Waals surface area contributed by atoms with Crippen molar-refractivity contribution in [1.82, 2.24) is 10.3 Å². The van der Waals surface area contributed by atoms with Gasteiger partial charge in [0, 0.05) is 10.4 Å². The van der Waals surface area contributed by atoms with E-state index < -0.39 is 10.0 Å². The average molecular weight is 395 g/mol. The second-order valence-corrected chi connectivity index (χ2v) is 8.01. The molecule has 1 aliphatic carbocycles. The van der Waals surface area contributed by atoms with Crippen molar-refractivity contribution in [2.45, 2.75) is 17.2 Å². The Morgan fingerprint density at radius 3 is 2.35 bits per heavy atom. The summed E-state index contributed by atoms with van der Waals surface area (Å²) in [6, 6.07) is 15.9. The molecular formula is C16H15BrN2O3S. The van der Waals surface area contributed by atoms with Gasteiger partial charge in [0.05, 0.1) is 4.90 Å². The number of sulfonamides is 1. The molecule has 0 unspecified atom stereocenters. The minimum atomic E-state index is -3.76. The fourth-order valence-electron chi connectivity index (χ4n) is 2.44. The molecule has 0 saturated heterocycles. The summed E-state index contributed by atoms with van der Waals surface area (Å²) >= 11 is 3.25. The Morgan fingerprint density at radius 2 is 1.70 bits per heavy atom. The zero-order chi connectivity index (χ0) is 16.4. The molecule has 120 valence electrons. The first-order chi connectivity index (χ1) is 11.0. The largest absolute Gasteiger partial charge is 0.277 e. The van der Waals surface area contributed by atoms with Crippen molar-refractivity contribution in [3.05, 3.63) is 64.6 Å². The van der Waals surface area contributed by atoms with Crippen molar-refractivity contribution in [1.29, 1.82) is 0 Å². The van der Waals surface area contributed by atoms with Gasteiger partial charge in [0.25, 0.3) is 10.0 Å². The summed E-state index contributed by atoms with van der Waals surface area (Å²) in [5.41, 5.74) is 3.41. The number of hydrogen-bond donors (Lipinski definition) is 2. The normalized spacial score (nSPS) is 20.0. The van der Waals surface area contributed by atoms with E-state index in [4.69, 9.17) is 0 Å². The molecule has 2 N–H and O–H groups in total. The van der Waals surface area contributed by atoms with Crippen molar-refractivity contribution in [3.8, 4) is 0 Å². The predicted molar refractivity (Wildman–Crippen MR) is 89.9 cm³/mol. The molecule has 1 saturated carbocycles. The highest BCUT2D eigenvalue weighted by Crippen LogP contribution is 2.47. The molecule has 0 heterocycles. The number of benzene rings is 2. The predicted octanol–water partition coefficient (Wildman–Crippen LogP) is 2.56. The molecule has 7 heteroatoms. The molecule has 0 aliphatic heterocycles. The summed E-state index contributed by atoms with van der Waals surface area (Å²) in [7, 11) is -3.76. The molecule has 0 bridgehead atoms. The first kappa shape index (κ1) is 16.2. The minimum Gasteiger partial charge on any atom is -0.277 e. The van der Waals surface area contributed by atoms with E-state index in [2.05, 4.69) is 26.2 Å². The highest BCUT2D eigenvalue weighted by Gasteiger charge is 2.44. The second kappa shape index (κ2) is 6.43. The van der Waals surface area contributed by atoms with Gasteiger partial charge >= 0.3 is 0 Å². The van der Waals surface area contributed by atoms with Crippen molar-refractivity contribution in [2.24, 2.45) is 5.92 Å². The smallest absolute Gasteiger partial charge is 0.257 e. The highest BCUT2D eigenvalue weighted by molar-refractivity contribution is 9.10. The summed E-state index contributed by atoms with van der Waals surface area (Å²) in [6.45, 7) is 0. The van der Waals surface area contributed by atoms with Gasteiger partial charge in [-0.05, 0) is 42.2 Å². The molecule has 1 fully saturated rings. The van der Waals surface area contributed by atoms with Crippen LogP contribution >= 0.6 is 15.9 Å². The number of halogens is 1. The van der Waals surface area contributed by atoms with Crippen LogP contribution in [-0.2, 0) is 14.8 Å². The third-order valence-electron chi connectivity index (χ3n) is 3.79. The van der Waals surface area contributed by atoms with E-state index in [1.54, 1.807) is 12.1 Å².